The fraction of sp³-hybridized carbons (Fsp3) is 0.317. The smallest absolute Gasteiger partial charge is 0.138 e. The monoisotopic (exact) mass is 862 g/mol. The van der Waals surface area contributed by atoms with Gasteiger partial charge in [0.15, 0.2) is 0 Å². The predicted molar refractivity (Wildman–Crippen MR) is 277 cm³/mol. The number of rotatable bonds is 6. The van der Waals surface area contributed by atoms with Crippen molar-refractivity contribution in [2.75, 3.05) is 16.5 Å². The van der Waals surface area contributed by atoms with E-state index < -0.39 is 6.85 Å². The van der Waals surface area contributed by atoms with Crippen molar-refractivity contribution in [1.29, 1.82) is 0 Å². The van der Waals surface area contributed by atoms with Gasteiger partial charge in [-0.1, -0.05) is 138 Å². The standard InChI is InChI=1S/C60H66N4O/c1-38-29-41(57(3,4)5)30-39(2)56(38)40-27-28-61-55(31-40)64-50-20-16-15-19-47(50)48-25-24-46(36-53(48)64)65-54-35-44(23-26-49(54)60(12,13)14)62-37-63(52-22-18-17-21-51(52)62)45-33-42(58(6,7)8)32-43(34-45)59(9,10)11/h15-36H,37H2,1-14H3/i1D3. The van der Waals surface area contributed by atoms with Gasteiger partial charge in [-0.25, -0.2) is 4.98 Å². The Kier molecular flexibility index (Phi) is 9.70. The summed E-state index contributed by atoms with van der Waals surface area (Å²) in [5.41, 5.74) is 13.6. The first-order valence-electron chi connectivity index (χ1n) is 24.6. The van der Waals surface area contributed by atoms with Gasteiger partial charge in [-0.3, -0.25) is 4.57 Å². The van der Waals surface area contributed by atoms with Gasteiger partial charge >= 0.3 is 0 Å². The highest BCUT2D eigenvalue weighted by atomic mass is 16.5. The zero-order chi connectivity index (χ0) is 48.9. The molecule has 6 aromatic carbocycles. The highest BCUT2D eigenvalue weighted by molar-refractivity contribution is 6.09. The summed E-state index contributed by atoms with van der Waals surface area (Å²) < 4.78 is 35.1. The summed E-state index contributed by atoms with van der Waals surface area (Å²) in [6.45, 7) is 27.1. The van der Waals surface area contributed by atoms with Crippen LogP contribution in [0.3, 0.4) is 0 Å². The van der Waals surface area contributed by atoms with Gasteiger partial charge in [0.25, 0.3) is 0 Å². The second-order valence-electron chi connectivity index (χ2n) is 22.2. The molecule has 0 spiro atoms. The molecule has 0 aliphatic carbocycles. The van der Waals surface area contributed by atoms with Crippen molar-refractivity contribution in [2.24, 2.45) is 0 Å². The number of anilines is 4. The molecule has 5 heteroatoms. The number of para-hydroxylation sites is 3. The van der Waals surface area contributed by atoms with E-state index in [0.29, 0.717) is 23.8 Å². The molecule has 3 heterocycles. The molecule has 8 aromatic rings. The van der Waals surface area contributed by atoms with Crippen LogP contribution in [0, 0.1) is 13.8 Å². The lowest BCUT2D eigenvalue weighted by Crippen LogP contribution is -2.25. The maximum Gasteiger partial charge on any atom is 0.138 e. The van der Waals surface area contributed by atoms with Crippen molar-refractivity contribution in [3.8, 4) is 28.4 Å². The van der Waals surface area contributed by atoms with Gasteiger partial charge in [-0.15, -0.1) is 0 Å². The summed E-state index contributed by atoms with van der Waals surface area (Å²) in [6, 6.07) is 45.1. The highest BCUT2D eigenvalue weighted by Crippen LogP contribution is 2.48. The fourth-order valence-electron chi connectivity index (χ4n) is 9.36. The summed E-state index contributed by atoms with van der Waals surface area (Å²) >= 11 is 0. The Morgan fingerprint density at radius 3 is 1.78 bits per heavy atom. The van der Waals surface area contributed by atoms with Crippen molar-refractivity contribution >= 4 is 44.6 Å². The molecule has 1 aliphatic rings. The topological polar surface area (TPSA) is 33.5 Å². The Labute approximate surface area is 391 Å². The third-order valence-electron chi connectivity index (χ3n) is 13.1. The number of hydrogen-bond donors (Lipinski definition) is 0. The maximum atomic E-state index is 8.62. The molecule has 1 aliphatic heterocycles. The van der Waals surface area contributed by atoms with E-state index in [2.05, 4.69) is 201 Å². The number of aromatic nitrogens is 2. The summed E-state index contributed by atoms with van der Waals surface area (Å²) in [4.78, 5) is 9.79. The third-order valence-corrected chi connectivity index (χ3v) is 13.1. The lowest BCUT2D eigenvalue weighted by molar-refractivity contribution is 0.456. The quantitative estimate of drug-likeness (QED) is 0.167. The molecule has 65 heavy (non-hydrogen) atoms. The molecule has 5 nitrogen and oxygen atoms in total. The molecule has 0 unspecified atom stereocenters. The largest absolute Gasteiger partial charge is 0.457 e. The molecular weight excluding hydrogens is 793 g/mol. The molecule has 9 rings (SSSR count). The number of nitrogens with zero attached hydrogens (tertiary/aromatic N) is 4. The molecule has 0 bridgehead atoms. The first-order valence-corrected chi connectivity index (χ1v) is 23.1. The van der Waals surface area contributed by atoms with Gasteiger partial charge in [0.05, 0.1) is 22.4 Å². The number of fused-ring (bicyclic) bond motifs is 4. The van der Waals surface area contributed by atoms with Crippen LogP contribution in [0.4, 0.5) is 22.7 Å². The number of benzene rings is 6. The summed E-state index contributed by atoms with van der Waals surface area (Å²) in [7, 11) is 0. The van der Waals surface area contributed by atoms with Crippen LogP contribution in [0.5, 0.6) is 11.5 Å². The zero-order valence-corrected chi connectivity index (χ0v) is 40.6. The number of hydrogen-bond acceptors (Lipinski definition) is 4. The van der Waals surface area contributed by atoms with Gasteiger partial charge in [0, 0.05) is 50.2 Å². The van der Waals surface area contributed by atoms with Gasteiger partial charge < -0.3 is 14.5 Å². The molecule has 0 saturated carbocycles. The zero-order valence-electron chi connectivity index (χ0n) is 43.6. The number of aryl methyl sites for hydroxylation is 2. The number of ether oxygens (including phenoxy) is 1. The van der Waals surface area contributed by atoms with E-state index in [4.69, 9.17) is 13.8 Å². The average molecular weight is 862 g/mol. The molecule has 332 valence electrons. The van der Waals surface area contributed by atoms with Crippen molar-refractivity contribution in [3.63, 3.8) is 0 Å². The SMILES string of the molecule is [2H]C([2H])([2H])c1cc(C(C)(C)C)cc(C)c1-c1ccnc(-n2c3ccccc3c3ccc(Oc4cc(N5CN(c6cc(C(C)(C)C)cc(C(C)(C)C)c6)c6ccccc65)ccc4C(C)(C)C)cc32)c1. The number of pyridine rings is 1. The Hall–Kier alpha value is -6.33. The van der Waals surface area contributed by atoms with Gasteiger partial charge in [0.2, 0.25) is 0 Å². The molecule has 0 saturated heterocycles. The van der Waals surface area contributed by atoms with Crippen molar-refractivity contribution < 1.29 is 8.85 Å². The van der Waals surface area contributed by atoms with Crippen LogP contribution in [0.25, 0.3) is 38.8 Å². The van der Waals surface area contributed by atoms with Crippen LogP contribution >= 0.6 is 0 Å². The molecule has 0 N–H and O–H groups in total. The first-order chi connectivity index (χ1) is 31.8. The minimum absolute atomic E-state index is 0.00858. The summed E-state index contributed by atoms with van der Waals surface area (Å²) in [5, 5.41) is 2.16. The second kappa shape index (κ2) is 15.7. The van der Waals surface area contributed by atoms with Crippen LogP contribution in [0.1, 0.15) is 121 Å². The summed E-state index contributed by atoms with van der Waals surface area (Å²) in [5.74, 6) is 2.19. The summed E-state index contributed by atoms with van der Waals surface area (Å²) in [6.07, 6.45) is 1.79. The van der Waals surface area contributed by atoms with Gasteiger partial charge in [-0.2, -0.15) is 0 Å². The average Bonchev–Trinajstić information content (AvgIpc) is 3.80. The predicted octanol–water partition coefficient (Wildman–Crippen LogP) is 16.7. The van der Waals surface area contributed by atoms with Gasteiger partial charge in [-0.05, 0) is 135 Å². The minimum atomic E-state index is -2.31. The van der Waals surface area contributed by atoms with Gasteiger partial charge in [0.1, 0.15) is 24.0 Å². The van der Waals surface area contributed by atoms with E-state index in [9.17, 15) is 0 Å². The van der Waals surface area contributed by atoms with E-state index in [1.165, 1.54) is 22.5 Å². The molecule has 0 atom stereocenters. The molecule has 2 aromatic heterocycles. The van der Waals surface area contributed by atoms with E-state index in [-0.39, 0.29) is 21.7 Å². The fourth-order valence-corrected chi connectivity index (χ4v) is 9.36. The lowest BCUT2D eigenvalue weighted by Gasteiger charge is -2.29. The van der Waals surface area contributed by atoms with Crippen LogP contribution < -0.4 is 14.5 Å². The third kappa shape index (κ3) is 8.20. The van der Waals surface area contributed by atoms with Crippen LogP contribution in [0.15, 0.2) is 134 Å². The van der Waals surface area contributed by atoms with Crippen LogP contribution in [-0.2, 0) is 21.7 Å². The molecular formula is C60H66N4O. The normalized spacial score (nSPS) is 14.4. The van der Waals surface area contributed by atoms with Crippen molar-refractivity contribution in [3.05, 3.63) is 167 Å². The highest BCUT2D eigenvalue weighted by Gasteiger charge is 2.32. The Morgan fingerprint density at radius 2 is 1.14 bits per heavy atom. The maximum absolute atomic E-state index is 8.62. The Bertz CT molecular complexity index is 3210. The Balaban J connectivity index is 1.14. The molecule has 0 amide bonds. The molecule has 0 radical (unpaired) electrons. The van der Waals surface area contributed by atoms with Crippen molar-refractivity contribution in [1.82, 2.24) is 9.55 Å². The minimum Gasteiger partial charge on any atom is -0.457 e. The lowest BCUT2D eigenvalue weighted by atomic mass is 9.80. The van der Waals surface area contributed by atoms with Crippen LogP contribution in [-0.4, -0.2) is 16.2 Å². The van der Waals surface area contributed by atoms with Crippen LogP contribution in [0.2, 0.25) is 0 Å². The van der Waals surface area contributed by atoms with E-state index >= 15 is 0 Å². The van der Waals surface area contributed by atoms with E-state index in [1.54, 1.807) is 6.20 Å². The Morgan fingerprint density at radius 1 is 0.538 bits per heavy atom. The van der Waals surface area contributed by atoms with E-state index in [1.807, 2.05) is 31.2 Å². The van der Waals surface area contributed by atoms with E-state index in [0.717, 1.165) is 66.7 Å². The molecule has 0 fully saturated rings. The van der Waals surface area contributed by atoms with Crippen molar-refractivity contribution in [2.45, 2.75) is 119 Å². The first kappa shape index (κ1) is 40.2. The second-order valence-corrected chi connectivity index (χ2v) is 22.2.